The van der Waals surface area contributed by atoms with Gasteiger partial charge >= 0.3 is 5.97 Å². The summed E-state index contributed by atoms with van der Waals surface area (Å²) in [5.74, 6) is -0.656. The van der Waals surface area contributed by atoms with E-state index in [9.17, 15) is 9.59 Å². The molecule has 2 unspecified atom stereocenters. The Morgan fingerprint density at radius 3 is 2.77 bits per heavy atom. The highest BCUT2D eigenvalue weighted by Crippen LogP contribution is 2.53. The number of carbonyl (C=O) groups excluding carboxylic acids is 2. The molecule has 30 heavy (non-hydrogen) atoms. The van der Waals surface area contributed by atoms with Crippen LogP contribution in [0.15, 0.2) is 53.6 Å². The fraction of sp³-hybridized carbons (Fsp3) is 0.348. The predicted octanol–water partition coefficient (Wildman–Crippen LogP) is 3.65. The third-order valence-electron chi connectivity index (χ3n) is 6.21. The maximum Gasteiger partial charge on any atom is 0.376 e. The summed E-state index contributed by atoms with van der Waals surface area (Å²) in [4.78, 5) is 28.2. The number of ether oxygens (including phenoxy) is 1. The number of benzene rings is 2. The summed E-state index contributed by atoms with van der Waals surface area (Å²) in [7, 11) is 0. The van der Waals surface area contributed by atoms with Gasteiger partial charge in [0.05, 0.1) is 29.6 Å². The summed E-state index contributed by atoms with van der Waals surface area (Å²) in [6.45, 7) is 4.06. The quantitative estimate of drug-likeness (QED) is 0.791. The van der Waals surface area contributed by atoms with E-state index in [1.54, 1.807) is 6.92 Å². The van der Waals surface area contributed by atoms with Crippen LogP contribution < -0.4 is 15.2 Å². The van der Waals surface area contributed by atoms with Crippen LogP contribution in [0.2, 0.25) is 0 Å². The Labute approximate surface area is 175 Å². The second-order valence-electron chi connectivity index (χ2n) is 7.96. The van der Waals surface area contributed by atoms with E-state index in [-0.39, 0.29) is 24.3 Å². The Morgan fingerprint density at radius 2 is 2.00 bits per heavy atom. The first-order chi connectivity index (χ1) is 14.6. The first kappa shape index (κ1) is 18.7. The fourth-order valence-electron chi connectivity index (χ4n) is 4.95. The number of hydrogen-bond acceptors (Lipinski definition) is 6. The van der Waals surface area contributed by atoms with E-state index >= 15 is 0 Å². The Hall–Kier alpha value is -3.35. The number of fused-ring (bicyclic) bond motifs is 2. The van der Waals surface area contributed by atoms with Crippen LogP contribution in [-0.2, 0) is 14.3 Å². The number of rotatable bonds is 3. The monoisotopic (exact) mass is 404 g/mol. The SMILES string of the molecule is CCOC(=O)C1=NN(c2ccc(C)cc2)C23CCCC2C(=O)Nc2ccccc2N13. The van der Waals surface area contributed by atoms with Gasteiger partial charge in [-0.2, -0.15) is 0 Å². The number of aryl methyl sites for hydroxylation is 1. The lowest BCUT2D eigenvalue weighted by atomic mass is 9.92. The zero-order valence-corrected chi connectivity index (χ0v) is 17.1. The van der Waals surface area contributed by atoms with Crippen LogP contribution in [0.4, 0.5) is 17.1 Å². The standard InChI is InChI=1S/C23H24N4O3/c1-3-30-22(29)20-25-27(16-12-10-15(2)11-13-16)23-14-6-7-17(23)21(28)24-18-8-4-5-9-19(18)26(20)23/h4-5,8-13,17H,3,6-7,14H2,1-2H3,(H,24,28). The Kier molecular flexibility index (Phi) is 4.27. The van der Waals surface area contributed by atoms with Gasteiger partial charge in [0.1, 0.15) is 0 Å². The van der Waals surface area contributed by atoms with E-state index in [0.717, 1.165) is 29.8 Å². The van der Waals surface area contributed by atoms with E-state index in [2.05, 4.69) is 5.32 Å². The first-order valence-corrected chi connectivity index (χ1v) is 10.4. The van der Waals surface area contributed by atoms with Gasteiger partial charge in [0, 0.05) is 0 Å². The number of anilines is 3. The molecule has 1 saturated carbocycles. The van der Waals surface area contributed by atoms with E-state index in [1.165, 1.54) is 0 Å². The second-order valence-corrected chi connectivity index (χ2v) is 7.96. The van der Waals surface area contributed by atoms with E-state index in [4.69, 9.17) is 9.84 Å². The van der Waals surface area contributed by atoms with Crippen molar-refractivity contribution in [1.29, 1.82) is 0 Å². The maximum absolute atomic E-state index is 13.3. The third kappa shape index (κ3) is 2.54. The van der Waals surface area contributed by atoms with Crippen molar-refractivity contribution in [2.75, 3.05) is 21.8 Å². The molecule has 2 heterocycles. The molecule has 0 radical (unpaired) electrons. The molecule has 0 saturated heterocycles. The number of nitrogens with zero attached hydrogens (tertiary/aromatic N) is 3. The first-order valence-electron chi connectivity index (χ1n) is 10.4. The van der Waals surface area contributed by atoms with Crippen LogP contribution >= 0.6 is 0 Å². The molecule has 154 valence electrons. The summed E-state index contributed by atoms with van der Waals surface area (Å²) < 4.78 is 5.36. The van der Waals surface area contributed by atoms with Crippen LogP contribution in [0, 0.1) is 12.8 Å². The molecule has 1 amide bonds. The molecule has 0 bridgehead atoms. The summed E-state index contributed by atoms with van der Waals surface area (Å²) >= 11 is 0. The molecule has 1 spiro atoms. The fourth-order valence-corrected chi connectivity index (χ4v) is 4.95. The van der Waals surface area contributed by atoms with Crippen LogP contribution in [0.25, 0.3) is 0 Å². The Bertz CT molecular complexity index is 1050. The molecular formula is C23H24N4O3. The number of para-hydroxylation sites is 2. The number of nitrogens with one attached hydrogen (secondary N) is 1. The topological polar surface area (TPSA) is 74.2 Å². The molecule has 5 rings (SSSR count). The number of hydrogen-bond donors (Lipinski definition) is 1. The van der Waals surface area contributed by atoms with Crippen LogP contribution in [0.3, 0.4) is 0 Å². The summed E-state index contributed by atoms with van der Waals surface area (Å²) in [6, 6.07) is 15.6. The van der Waals surface area contributed by atoms with Crippen molar-refractivity contribution in [3.8, 4) is 0 Å². The molecule has 3 aliphatic rings. The van der Waals surface area contributed by atoms with Crippen molar-refractivity contribution < 1.29 is 14.3 Å². The van der Waals surface area contributed by atoms with Gasteiger partial charge in [0.2, 0.25) is 11.7 Å². The van der Waals surface area contributed by atoms with Crippen molar-refractivity contribution in [1.82, 2.24) is 0 Å². The lowest BCUT2D eigenvalue weighted by Crippen LogP contribution is -2.61. The van der Waals surface area contributed by atoms with Gasteiger partial charge in [-0.1, -0.05) is 29.8 Å². The van der Waals surface area contributed by atoms with Crippen molar-refractivity contribution >= 4 is 34.8 Å². The van der Waals surface area contributed by atoms with E-state index < -0.39 is 11.6 Å². The molecule has 1 aliphatic carbocycles. The van der Waals surface area contributed by atoms with E-state index in [0.29, 0.717) is 12.1 Å². The molecule has 2 aromatic carbocycles. The predicted molar refractivity (Wildman–Crippen MR) is 115 cm³/mol. The normalized spacial score (nSPS) is 24.4. The molecule has 2 aromatic rings. The summed E-state index contributed by atoms with van der Waals surface area (Å²) in [5, 5.41) is 9.73. The number of amides is 1. The minimum absolute atomic E-state index is 0.0418. The molecule has 7 heteroatoms. The Balaban J connectivity index is 1.76. The van der Waals surface area contributed by atoms with Gasteiger partial charge < -0.3 is 10.1 Å². The van der Waals surface area contributed by atoms with Crippen LogP contribution in [0.5, 0.6) is 0 Å². The lowest BCUT2D eigenvalue weighted by Gasteiger charge is -2.43. The highest BCUT2D eigenvalue weighted by molar-refractivity contribution is 6.43. The number of hydrazone groups is 1. The summed E-state index contributed by atoms with van der Waals surface area (Å²) in [5.41, 5.74) is 2.64. The highest BCUT2D eigenvalue weighted by Gasteiger charge is 2.62. The second kappa shape index (κ2) is 6.86. The minimum atomic E-state index is -0.784. The van der Waals surface area contributed by atoms with Gasteiger partial charge in [-0.25, -0.2) is 9.80 Å². The Morgan fingerprint density at radius 1 is 1.23 bits per heavy atom. The summed E-state index contributed by atoms with van der Waals surface area (Å²) in [6.07, 6.45) is 2.30. The lowest BCUT2D eigenvalue weighted by molar-refractivity contribution is -0.135. The van der Waals surface area contributed by atoms with Crippen molar-refractivity contribution in [2.45, 2.75) is 38.8 Å². The van der Waals surface area contributed by atoms with E-state index in [1.807, 2.05) is 65.4 Å². The minimum Gasteiger partial charge on any atom is -0.460 e. The number of amidine groups is 1. The third-order valence-corrected chi connectivity index (χ3v) is 6.21. The highest BCUT2D eigenvalue weighted by atomic mass is 16.5. The largest absolute Gasteiger partial charge is 0.460 e. The van der Waals surface area contributed by atoms with Crippen molar-refractivity contribution in [2.24, 2.45) is 11.0 Å². The average molecular weight is 404 g/mol. The van der Waals surface area contributed by atoms with Crippen molar-refractivity contribution in [3.05, 3.63) is 54.1 Å². The molecule has 2 aliphatic heterocycles. The van der Waals surface area contributed by atoms with Gasteiger partial charge in [-0.3, -0.25) is 9.69 Å². The number of esters is 1. The smallest absolute Gasteiger partial charge is 0.376 e. The molecule has 1 N–H and O–H groups in total. The molecule has 0 aromatic heterocycles. The molecular weight excluding hydrogens is 380 g/mol. The number of carbonyl (C=O) groups is 2. The average Bonchev–Trinajstić information content (AvgIpc) is 3.30. The van der Waals surface area contributed by atoms with Gasteiger partial charge in [-0.15, -0.1) is 5.10 Å². The molecule has 1 fully saturated rings. The van der Waals surface area contributed by atoms with Crippen LogP contribution in [0.1, 0.15) is 31.7 Å². The maximum atomic E-state index is 13.3. The zero-order chi connectivity index (χ0) is 20.9. The van der Waals surface area contributed by atoms with Gasteiger partial charge in [0.15, 0.2) is 5.66 Å². The van der Waals surface area contributed by atoms with Crippen LogP contribution in [-0.4, -0.2) is 30.0 Å². The van der Waals surface area contributed by atoms with Gasteiger partial charge in [-0.05, 0) is 57.4 Å². The zero-order valence-electron chi connectivity index (χ0n) is 17.1. The van der Waals surface area contributed by atoms with Gasteiger partial charge in [0.25, 0.3) is 0 Å². The molecule has 7 nitrogen and oxygen atoms in total. The van der Waals surface area contributed by atoms with Crippen molar-refractivity contribution in [3.63, 3.8) is 0 Å². The molecule has 2 atom stereocenters.